The summed E-state index contributed by atoms with van der Waals surface area (Å²) in [7, 11) is 0. The highest BCUT2D eigenvalue weighted by atomic mass is 79.9. The number of H-pyrrole nitrogens is 1. The average Bonchev–Trinajstić information content (AvgIpc) is 3.24. The van der Waals surface area contributed by atoms with Crippen LogP contribution in [0.4, 0.5) is 4.39 Å². The number of carbonyl (C=O) groups excluding carboxylic acids is 1. The summed E-state index contributed by atoms with van der Waals surface area (Å²) in [5.41, 5.74) is 4.84. The molecular weight excluding hydrogens is 457 g/mol. The van der Waals surface area contributed by atoms with Crippen LogP contribution < -0.4 is 0 Å². The molecule has 0 spiro atoms. The topological polar surface area (TPSA) is 58.6 Å². The quantitative estimate of drug-likeness (QED) is 0.307. The van der Waals surface area contributed by atoms with E-state index in [-0.39, 0.29) is 11.6 Å². The normalized spacial score (nSPS) is 11.0. The molecule has 0 atom stereocenters. The van der Waals surface area contributed by atoms with E-state index in [9.17, 15) is 9.18 Å². The monoisotopic (exact) mass is 471 g/mol. The van der Waals surface area contributed by atoms with Gasteiger partial charge in [-0.3, -0.25) is 9.89 Å². The van der Waals surface area contributed by atoms with Crippen LogP contribution in [0, 0.1) is 5.82 Å². The number of nitrogens with zero attached hydrogens (tertiary/aromatic N) is 2. The minimum Gasteiger partial charge on any atom is -0.289 e. The Labute approximate surface area is 185 Å². The maximum Gasteiger partial charge on any atom is 0.193 e. The molecule has 0 aliphatic rings. The van der Waals surface area contributed by atoms with Crippen LogP contribution in [-0.4, -0.2) is 21.0 Å². The Hall–Kier alpha value is -3.64. The van der Waals surface area contributed by atoms with Crippen LogP contribution >= 0.6 is 15.9 Å². The highest BCUT2D eigenvalue weighted by Crippen LogP contribution is 2.30. The molecule has 2 aromatic heterocycles. The summed E-state index contributed by atoms with van der Waals surface area (Å²) in [6, 6.07) is 25.3. The third-order valence-corrected chi connectivity index (χ3v) is 5.74. The van der Waals surface area contributed by atoms with Crippen LogP contribution in [0.15, 0.2) is 89.4 Å². The van der Waals surface area contributed by atoms with Gasteiger partial charge < -0.3 is 0 Å². The fourth-order valence-corrected chi connectivity index (χ4v) is 3.72. The van der Waals surface area contributed by atoms with Crippen molar-refractivity contribution in [3.63, 3.8) is 0 Å². The van der Waals surface area contributed by atoms with Gasteiger partial charge in [0.15, 0.2) is 11.4 Å². The number of aromatic amines is 1. The van der Waals surface area contributed by atoms with E-state index < -0.39 is 0 Å². The number of ketones is 1. The first-order valence-corrected chi connectivity index (χ1v) is 10.4. The molecule has 3 aromatic carbocycles. The smallest absolute Gasteiger partial charge is 0.193 e. The number of pyridine rings is 1. The number of hydrogen-bond acceptors (Lipinski definition) is 3. The van der Waals surface area contributed by atoms with Crippen molar-refractivity contribution >= 4 is 32.7 Å². The van der Waals surface area contributed by atoms with Crippen molar-refractivity contribution in [2.24, 2.45) is 0 Å². The molecule has 0 fully saturated rings. The number of rotatable bonds is 4. The molecule has 0 amide bonds. The molecule has 0 aliphatic carbocycles. The third-order valence-electron chi connectivity index (χ3n) is 5.10. The zero-order valence-electron chi connectivity index (χ0n) is 16.1. The largest absolute Gasteiger partial charge is 0.289 e. The first-order chi connectivity index (χ1) is 15.1. The van der Waals surface area contributed by atoms with E-state index in [0.717, 1.165) is 16.6 Å². The summed E-state index contributed by atoms with van der Waals surface area (Å²) in [4.78, 5) is 17.3. The molecule has 5 aromatic rings. The predicted molar refractivity (Wildman–Crippen MR) is 122 cm³/mol. The van der Waals surface area contributed by atoms with E-state index >= 15 is 0 Å². The highest BCUT2D eigenvalue weighted by Gasteiger charge is 2.13. The van der Waals surface area contributed by atoms with Gasteiger partial charge in [0, 0.05) is 27.6 Å². The molecule has 4 nitrogen and oxygen atoms in total. The molecule has 150 valence electrons. The molecule has 1 N–H and O–H groups in total. The van der Waals surface area contributed by atoms with Crippen molar-refractivity contribution in [1.82, 2.24) is 15.2 Å². The molecule has 2 heterocycles. The number of nitrogens with one attached hydrogen (secondary N) is 1. The van der Waals surface area contributed by atoms with E-state index in [0.29, 0.717) is 32.5 Å². The van der Waals surface area contributed by atoms with Crippen LogP contribution in [0.1, 0.15) is 15.9 Å². The molecule has 5 rings (SSSR count). The van der Waals surface area contributed by atoms with Crippen LogP contribution in [0.5, 0.6) is 0 Å². The second-order valence-corrected chi connectivity index (χ2v) is 7.92. The van der Waals surface area contributed by atoms with Gasteiger partial charge in [0.2, 0.25) is 0 Å². The summed E-state index contributed by atoms with van der Waals surface area (Å²) in [5.74, 6) is -0.362. The summed E-state index contributed by atoms with van der Waals surface area (Å²) < 4.78 is 14.3. The summed E-state index contributed by atoms with van der Waals surface area (Å²) >= 11 is 3.17. The Morgan fingerprint density at radius 2 is 1.55 bits per heavy atom. The molecule has 0 bridgehead atoms. The fraction of sp³-hybridized carbons (Fsp3) is 0. The van der Waals surface area contributed by atoms with Gasteiger partial charge in [-0.1, -0.05) is 60.7 Å². The molecule has 0 radical (unpaired) electrons. The van der Waals surface area contributed by atoms with Gasteiger partial charge in [-0.2, -0.15) is 5.10 Å². The van der Waals surface area contributed by atoms with Crippen molar-refractivity contribution in [3.05, 3.63) is 106 Å². The Bertz CT molecular complexity index is 1410. The third kappa shape index (κ3) is 3.66. The van der Waals surface area contributed by atoms with Crippen molar-refractivity contribution in [3.8, 4) is 22.5 Å². The fourth-order valence-electron chi connectivity index (χ4n) is 3.48. The SMILES string of the molecule is O=C(c1ccccc1)c1ccc(-c2ccc3c(-c4ccc(Br)c(F)c4)n[nH]c3n2)cc1. The van der Waals surface area contributed by atoms with Gasteiger partial charge in [0.1, 0.15) is 11.5 Å². The Morgan fingerprint density at radius 1 is 0.839 bits per heavy atom. The van der Waals surface area contributed by atoms with Gasteiger partial charge in [0.05, 0.1) is 10.2 Å². The van der Waals surface area contributed by atoms with Crippen LogP contribution in [0.25, 0.3) is 33.5 Å². The average molecular weight is 472 g/mol. The molecule has 0 saturated heterocycles. The van der Waals surface area contributed by atoms with E-state index in [1.807, 2.05) is 42.5 Å². The lowest BCUT2D eigenvalue weighted by Crippen LogP contribution is -2.00. The van der Waals surface area contributed by atoms with Crippen molar-refractivity contribution in [1.29, 1.82) is 0 Å². The van der Waals surface area contributed by atoms with E-state index in [1.165, 1.54) is 6.07 Å². The van der Waals surface area contributed by atoms with Crippen LogP contribution in [-0.2, 0) is 0 Å². The Morgan fingerprint density at radius 3 is 2.29 bits per heavy atom. The highest BCUT2D eigenvalue weighted by molar-refractivity contribution is 9.10. The maximum absolute atomic E-state index is 13.9. The number of hydrogen-bond donors (Lipinski definition) is 1. The molecule has 31 heavy (non-hydrogen) atoms. The van der Waals surface area contributed by atoms with Gasteiger partial charge in [-0.05, 0) is 40.2 Å². The predicted octanol–water partition coefficient (Wildman–Crippen LogP) is 6.42. The Balaban J connectivity index is 1.46. The van der Waals surface area contributed by atoms with Gasteiger partial charge in [0.25, 0.3) is 0 Å². The Kier molecular flexibility index (Phi) is 4.92. The van der Waals surface area contributed by atoms with Gasteiger partial charge in [-0.25, -0.2) is 9.37 Å². The van der Waals surface area contributed by atoms with E-state index in [2.05, 4.69) is 31.1 Å². The van der Waals surface area contributed by atoms with Gasteiger partial charge >= 0.3 is 0 Å². The lowest BCUT2D eigenvalue weighted by molar-refractivity contribution is 0.103. The minimum atomic E-state index is -0.344. The van der Waals surface area contributed by atoms with E-state index in [4.69, 9.17) is 0 Å². The number of fused-ring (bicyclic) bond motifs is 1. The summed E-state index contributed by atoms with van der Waals surface area (Å²) in [6.45, 7) is 0. The van der Waals surface area contributed by atoms with Gasteiger partial charge in [-0.15, -0.1) is 0 Å². The molecule has 0 saturated carbocycles. The summed E-state index contributed by atoms with van der Waals surface area (Å²) in [5, 5.41) is 8.07. The lowest BCUT2D eigenvalue weighted by atomic mass is 10.0. The maximum atomic E-state index is 13.9. The standard InChI is InChI=1S/C25H15BrFN3O/c26-20-12-10-18(14-21(20)27)23-19-11-13-22(28-25(19)30-29-23)15-6-8-17(9-7-15)24(31)16-4-2-1-3-5-16/h1-14H,(H,28,29,30). The zero-order chi connectivity index (χ0) is 21.4. The first-order valence-electron chi connectivity index (χ1n) is 9.61. The molecular formula is C25H15BrFN3O. The molecule has 0 aliphatic heterocycles. The lowest BCUT2D eigenvalue weighted by Gasteiger charge is -2.05. The first kappa shape index (κ1) is 19.3. The summed E-state index contributed by atoms with van der Waals surface area (Å²) in [6.07, 6.45) is 0. The minimum absolute atomic E-state index is 0.0181. The van der Waals surface area contributed by atoms with Crippen LogP contribution in [0.2, 0.25) is 0 Å². The number of carbonyl (C=O) groups is 1. The van der Waals surface area contributed by atoms with Crippen molar-refractivity contribution in [2.45, 2.75) is 0 Å². The zero-order valence-corrected chi connectivity index (χ0v) is 17.7. The number of benzene rings is 3. The van der Waals surface area contributed by atoms with Crippen molar-refractivity contribution < 1.29 is 9.18 Å². The van der Waals surface area contributed by atoms with Crippen molar-refractivity contribution in [2.75, 3.05) is 0 Å². The second-order valence-electron chi connectivity index (χ2n) is 7.07. The number of aromatic nitrogens is 3. The molecule has 0 unspecified atom stereocenters. The second kappa shape index (κ2) is 7.89. The molecule has 6 heteroatoms. The van der Waals surface area contributed by atoms with E-state index in [1.54, 1.807) is 36.4 Å². The number of halogens is 2. The van der Waals surface area contributed by atoms with Crippen LogP contribution in [0.3, 0.4) is 0 Å².